The van der Waals surface area contributed by atoms with Crippen LogP contribution < -0.4 is 10.7 Å². The molecule has 1 heterocycles. The highest BCUT2D eigenvalue weighted by atomic mass is 16.3. The third-order valence-electron chi connectivity index (χ3n) is 3.94. The van der Waals surface area contributed by atoms with Crippen molar-refractivity contribution in [3.05, 3.63) is 82.2 Å². The van der Waals surface area contributed by atoms with E-state index < -0.39 is 0 Å². The Kier molecular flexibility index (Phi) is 4.75. The second kappa shape index (κ2) is 7.13. The van der Waals surface area contributed by atoms with Gasteiger partial charge in [-0.15, -0.1) is 0 Å². The molecule has 1 amide bonds. The van der Waals surface area contributed by atoms with Gasteiger partial charge in [0.15, 0.2) is 11.2 Å². The third kappa shape index (κ3) is 3.71. The second-order valence-electron chi connectivity index (χ2n) is 5.87. The van der Waals surface area contributed by atoms with Crippen molar-refractivity contribution in [3.8, 4) is 0 Å². The lowest BCUT2D eigenvalue weighted by atomic mass is 10.1. The molecule has 0 spiro atoms. The number of hydrogen-bond donors (Lipinski definition) is 1. The number of fused-ring (bicyclic) bond motifs is 1. The summed E-state index contributed by atoms with van der Waals surface area (Å²) in [5.74, 6) is -0.316. The highest BCUT2D eigenvalue weighted by molar-refractivity contribution is 5.93. The van der Waals surface area contributed by atoms with Crippen LogP contribution in [0.25, 0.3) is 11.0 Å². The number of carbonyl (C=O) groups is 1. The zero-order valence-electron chi connectivity index (χ0n) is 13.5. The first kappa shape index (κ1) is 16.0. The van der Waals surface area contributed by atoms with Crippen LogP contribution in [0.15, 0.2) is 69.9 Å². The highest BCUT2D eigenvalue weighted by Gasteiger charge is 2.14. The van der Waals surface area contributed by atoms with E-state index in [1.54, 1.807) is 24.3 Å². The van der Waals surface area contributed by atoms with Gasteiger partial charge in [-0.1, -0.05) is 42.5 Å². The van der Waals surface area contributed by atoms with E-state index in [-0.39, 0.29) is 23.1 Å². The van der Waals surface area contributed by atoms with Gasteiger partial charge in [-0.2, -0.15) is 0 Å². The van der Waals surface area contributed by atoms with Crippen LogP contribution in [-0.2, 0) is 6.42 Å². The van der Waals surface area contributed by atoms with Crippen LogP contribution in [0.4, 0.5) is 0 Å². The maximum Gasteiger partial charge on any atom is 0.287 e. The molecule has 24 heavy (non-hydrogen) atoms. The number of carbonyl (C=O) groups excluding carboxylic acids is 1. The van der Waals surface area contributed by atoms with Gasteiger partial charge in [-0.3, -0.25) is 9.59 Å². The number of para-hydroxylation sites is 1. The predicted octanol–water partition coefficient (Wildman–Crippen LogP) is 3.54. The fourth-order valence-corrected chi connectivity index (χ4v) is 2.61. The lowest BCUT2D eigenvalue weighted by molar-refractivity contribution is 0.0911. The van der Waals surface area contributed by atoms with E-state index >= 15 is 0 Å². The largest absolute Gasteiger partial charge is 0.451 e. The monoisotopic (exact) mass is 321 g/mol. The van der Waals surface area contributed by atoms with Crippen molar-refractivity contribution < 1.29 is 9.21 Å². The molecule has 1 N–H and O–H groups in total. The molecule has 2 aromatic carbocycles. The SMILES string of the molecule is C[C@@H](CCc1ccccc1)NC(=O)c1cc(=O)c2ccccc2o1. The van der Waals surface area contributed by atoms with Crippen molar-refractivity contribution in [2.75, 3.05) is 0 Å². The van der Waals surface area contributed by atoms with Crippen molar-refractivity contribution in [3.63, 3.8) is 0 Å². The first-order valence-corrected chi connectivity index (χ1v) is 8.01. The molecule has 0 aliphatic rings. The normalized spacial score (nSPS) is 12.0. The summed E-state index contributed by atoms with van der Waals surface area (Å²) in [7, 11) is 0. The Labute approximate surface area is 140 Å². The number of amides is 1. The topological polar surface area (TPSA) is 59.3 Å². The standard InChI is InChI=1S/C20H19NO3/c1-14(11-12-15-7-3-2-4-8-15)21-20(23)19-13-17(22)16-9-5-6-10-18(16)24-19/h2-10,13-14H,11-12H2,1H3,(H,21,23)/t14-/m0/s1. The first-order chi connectivity index (χ1) is 11.6. The van der Waals surface area contributed by atoms with Crippen molar-refractivity contribution in [2.24, 2.45) is 0 Å². The molecule has 3 rings (SSSR count). The van der Waals surface area contributed by atoms with Gasteiger partial charge in [0.1, 0.15) is 5.58 Å². The van der Waals surface area contributed by atoms with E-state index in [4.69, 9.17) is 4.42 Å². The summed E-state index contributed by atoms with van der Waals surface area (Å²) in [5.41, 5.74) is 1.45. The molecule has 0 radical (unpaired) electrons. The Balaban J connectivity index is 1.67. The summed E-state index contributed by atoms with van der Waals surface area (Å²) < 4.78 is 5.56. The van der Waals surface area contributed by atoms with Crippen LogP contribution in [0.1, 0.15) is 29.5 Å². The van der Waals surface area contributed by atoms with Crippen LogP contribution in [0.2, 0.25) is 0 Å². The van der Waals surface area contributed by atoms with Crippen LogP contribution in [0.5, 0.6) is 0 Å². The summed E-state index contributed by atoms with van der Waals surface area (Å²) in [5, 5.41) is 3.36. The first-order valence-electron chi connectivity index (χ1n) is 8.01. The number of benzene rings is 2. The van der Waals surface area contributed by atoms with Crippen LogP contribution in [-0.4, -0.2) is 11.9 Å². The molecule has 0 saturated carbocycles. The molecular weight excluding hydrogens is 302 g/mol. The van der Waals surface area contributed by atoms with Gasteiger partial charge in [-0.05, 0) is 37.5 Å². The maximum absolute atomic E-state index is 12.3. The van der Waals surface area contributed by atoms with Crippen LogP contribution in [0.3, 0.4) is 0 Å². The molecule has 0 aliphatic heterocycles. The number of nitrogens with one attached hydrogen (secondary N) is 1. The van der Waals surface area contributed by atoms with Gasteiger partial charge in [0, 0.05) is 12.1 Å². The maximum atomic E-state index is 12.3. The van der Waals surface area contributed by atoms with Gasteiger partial charge < -0.3 is 9.73 Å². The fourth-order valence-electron chi connectivity index (χ4n) is 2.61. The molecule has 4 heteroatoms. The fraction of sp³-hybridized carbons (Fsp3) is 0.200. The minimum absolute atomic E-state index is 0.0190. The van der Waals surface area contributed by atoms with E-state index in [1.165, 1.54) is 11.6 Å². The Morgan fingerprint density at radius 2 is 1.79 bits per heavy atom. The number of hydrogen-bond acceptors (Lipinski definition) is 3. The summed E-state index contributed by atoms with van der Waals surface area (Å²) in [6, 6.07) is 18.3. The molecule has 4 nitrogen and oxygen atoms in total. The summed E-state index contributed by atoms with van der Waals surface area (Å²) in [4.78, 5) is 24.4. The zero-order chi connectivity index (χ0) is 16.9. The van der Waals surface area contributed by atoms with Gasteiger partial charge in [-0.25, -0.2) is 0 Å². The minimum atomic E-state index is -0.363. The predicted molar refractivity (Wildman–Crippen MR) is 94.2 cm³/mol. The van der Waals surface area contributed by atoms with E-state index in [9.17, 15) is 9.59 Å². The Hall–Kier alpha value is -2.88. The third-order valence-corrected chi connectivity index (χ3v) is 3.94. The van der Waals surface area contributed by atoms with Gasteiger partial charge in [0.05, 0.1) is 5.39 Å². The van der Waals surface area contributed by atoms with E-state index in [2.05, 4.69) is 17.4 Å². The van der Waals surface area contributed by atoms with Gasteiger partial charge in [0.2, 0.25) is 0 Å². The molecule has 0 saturated heterocycles. The summed E-state index contributed by atoms with van der Waals surface area (Å²) in [6.45, 7) is 1.94. The van der Waals surface area contributed by atoms with Crippen LogP contribution >= 0.6 is 0 Å². The van der Waals surface area contributed by atoms with Crippen LogP contribution in [0, 0.1) is 0 Å². The smallest absolute Gasteiger partial charge is 0.287 e. The second-order valence-corrected chi connectivity index (χ2v) is 5.87. The van der Waals surface area contributed by atoms with Crippen molar-refractivity contribution in [1.82, 2.24) is 5.32 Å². The quantitative estimate of drug-likeness (QED) is 0.782. The average molecular weight is 321 g/mol. The molecule has 0 bridgehead atoms. The molecule has 1 aromatic heterocycles. The molecule has 0 unspecified atom stereocenters. The molecule has 0 aliphatic carbocycles. The Bertz CT molecular complexity index is 899. The summed E-state index contributed by atoms with van der Waals surface area (Å²) >= 11 is 0. The molecule has 3 aromatic rings. The van der Waals surface area contributed by atoms with E-state index in [1.807, 2.05) is 25.1 Å². The minimum Gasteiger partial charge on any atom is -0.451 e. The summed E-state index contributed by atoms with van der Waals surface area (Å²) in [6.07, 6.45) is 1.69. The zero-order valence-corrected chi connectivity index (χ0v) is 13.5. The highest BCUT2D eigenvalue weighted by Crippen LogP contribution is 2.12. The van der Waals surface area contributed by atoms with Gasteiger partial charge in [0.25, 0.3) is 5.91 Å². The molecular formula is C20H19NO3. The number of rotatable bonds is 5. The van der Waals surface area contributed by atoms with Crippen molar-refractivity contribution in [1.29, 1.82) is 0 Å². The van der Waals surface area contributed by atoms with E-state index in [0.29, 0.717) is 11.0 Å². The molecule has 0 fully saturated rings. The molecule has 1 atom stereocenters. The van der Waals surface area contributed by atoms with Crippen molar-refractivity contribution >= 4 is 16.9 Å². The number of aryl methyl sites for hydroxylation is 1. The van der Waals surface area contributed by atoms with Gasteiger partial charge >= 0.3 is 0 Å². The Morgan fingerprint density at radius 3 is 2.58 bits per heavy atom. The Morgan fingerprint density at radius 1 is 1.08 bits per heavy atom. The van der Waals surface area contributed by atoms with E-state index in [0.717, 1.165) is 12.8 Å². The van der Waals surface area contributed by atoms with Crippen molar-refractivity contribution in [2.45, 2.75) is 25.8 Å². The lowest BCUT2D eigenvalue weighted by Gasteiger charge is -2.13. The lowest BCUT2D eigenvalue weighted by Crippen LogP contribution is -2.33. The molecule has 122 valence electrons. The average Bonchev–Trinajstić information content (AvgIpc) is 2.61.